The lowest BCUT2D eigenvalue weighted by atomic mass is 10.1. The number of anilines is 1. The van der Waals surface area contributed by atoms with Crippen molar-refractivity contribution in [3.05, 3.63) is 36.3 Å². The third-order valence-electron chi connectivity index (χ3n) is 4.15. The van der Waals surface area contributed by atoms with E-state index in [1.165, 1.54) is 0 Å². The first-order valence-corrected chi connectivity index (χ1v) is 7.76. The van der Waals surface area contributed by atoms with Gasteiger partial charge in [-0.1, -0.05) is 0 Å². The van der Waals surface area contributed by atoms with Gasteiger partial charge in [-0.25, -0.2) is 15.0 Å². The Balaban J connectivity index is 1.78. The van der Waals surface area contributed by atoms with E-state index in [2.05, 4.69) is 39.0 Å². The van der Waals surface area contributed by atoms with Crippen LogP contribution in [0.2, 0.25) is 0 Å². The normalized spacial score (nSPS) is 18.5. The van der Waals surface area contributed by atoms with Crippen LogP contribution in [0.5, 0.6) is 0 Å². The van der Waals surface area contributed by atoms with Crippen molar-refractivity contribution in [2.24, 2.45) is 0 Å². The number of pyridine rings is 1. The number of ether oxygens (including phenoxy) is 1. The predicted molar refractivity (Wildman–Crippen MR) is 88.3 cm³/mol. The van der Waals surface area contributed by atoms with E-state index < -0.39 is 0 Å². The lowest BCUT2D eigenvalue weighted by molar-refractivity contribution is 0.0985. The van der Waals surface area contributed by atoms with Crippen molar-refractivity contribution < 1.29 is 4.74 Å². The second kappa shape index (κ2) is 5.62. The summed E-state index contributed by atoms with van der Waals surface area (Å²) in [5.41, 5.74) is 2.90. The molecule has 3 aromatic rings. The van der Waals surface area contributed by atoms with E-state index in [0.717, 1.165) is 47.9 Å². The first-order valence-electron chi connectivity index (χ1n) is 7.76. The fourth-order valence-corrected chi connectivity index (χ4v) is 3.01. The standard InChI is InChI=1S/C17H18N5O/c1-11-9-14-13(3-5-18-17(14)20-11)16-19-6-4-15(21-16)22-7-8-23-10-12(22)2/h3-5,9,12H,7-8,10H2,1-2H3,(H,18,20). The van der Waals surface area contributed by atoms with Gasteiger partial charge in [0.25, 0.3) is 0 Å². The van der Waals surface area contributed by atoms with Crippen molar-refractivity contribution in [3.8, 4) is 11.4 Å². The van der Waals surface area contributed by atoms with Gasteiger partial charge in [0.2, 0.25) is 0 Å². The van der Waals surface area contributed by atoms with Crippen molar-refractivity contribution in [2.75, 3.05) is 24.7 Å². The number of H-pyrrole nitrogens is 1. The van der Waals surface area contributed by atoms with Crippen LogP contribution in [0.4, 0.5) is 5.82 Å². The Morgan fingerprint density at radius 1 is 1.43 bits per heavy atom. The number of nitrogens with zero attached hydrogens (tertiary/aromatic N) is 4. The number of aryl methyl sites for hydroxylation is 1. The highest BCUT2D eigenvalue weighted by Crippen LogP contribution is 2.27. The average Bonchev–Trinajstić information content (AvgIpc) is 2.95. The number of fused-ring (bicyclic) bond motifs is 1. The van der Waals surface area contributed by atoms with Gasteiger partial charge in [-0.2, -0.15) is 0 Å². The SMILES string of the molecule is Cc1cc2c(-c3n[c]cc(N4CCOCC4C)n3)ccnc2[nH]1. The molecule has 0 aliphatic carbocycles. The maximum Gasteiger partial charge on any atom is 0.163 e. The molecule has 1 radical (unpaired) electrons. The van der Waals surface area contributed by atoms with Gasteiger partial charge in [0.05, 0.1) is 25.5 Å². The number of morpholine rings is 1. The minimum atomic E-state index is 0.298. The van der Waals surface area contributed by atoms with E-state index >= 15 is 0 Å². The van der Waals surface area contributed by atoms with Crippen molar-refractivity contribution in [2.45, 2.75) is 19.9 Å². The molecule has 0 aromatic carbocycles. The molecule has 23 heavy (non-hydrogen) atoms. The smallest absolute Gasteiger partial charge is 0.163 e. The third-order valence-corrected chi connectivity index (χ3v) is 4.15. The third kappa shape index (κ3) is 2.55. The molecule has 3 aromatic heterocycles. The van der Waals surface area contributed by atoms with Crippen LogP contribution in [0.1, 0.15) is 12.6 Å². The van der Waals surface area contributed by atoms with Crippen molar-refractivity contribution in [3.63, 3.8) is 0 Å². The summed E-state index contributed by atoms with van der Waals surface area (Å²) in [6, 6.07) is 6.16. The highest BCUT2D eigenvalue weighted by atomic mass is 16.5. The number of aromatic nitrogens is 4. The van der Waals surface area contributed by atoms with Gasteiger partial charge in [-0.05, 0) is 26.0 Å². The Morgan fingerprint density at radius 3 is 3.22 bits per heavy atom. The Kier molecular flexibility index (Phi) is 3.46. The lowest BCUT2D eigenvalue weighted by Crippen LogP contribution is -2.44. The highest BCUT2D eigenvalue weighted by Gasteiger charge is 2.21. The van der Waals surface area contributed by atoms with Crippen LogP contribution in [0.3, 0.4) is 0 Å². The first-order chi connectivity index (χ1) is 11.2. The van der Waals surface area contributed by atoms with E-state index in [1.807, 2.05) is 19.1 Å². The minimum absolute atomic E-state index is 0.298. The summed E-state index contributed by atoms with van der Waals surface area (Å²) in [4.78, 5) is 19.0. The Hall–Kier alpha value is -2.47. The number of hydrogen-bond donors (Lipinski definition) is 1. The van der Waals surface area contributed by atoms with Crippen LogP contribution in [0.25, 0.3) is 22.4 Å². The van der Waals surface area contributed by atoms with Crippen molar-refractivity contribution in [1.29, 1.82) is 0 Å². The molecule has 6 heteroatoms. The summed E-state index contributed by atoms with van der Waals surface area (Å²) in [6.45, 7) is 6.43. The Labute approximate surface area is 134 Å². The molecule has 117 valence electrons. The van der Waals surface area contributed by atoms with Gasteiger partial charge in [-0.15, -0.1) is 0 Å². The number of nitrogens with one attached hydrogen (secondary N) is 1. The monoisotopic (exact) mass is 308 g/mol. The highest BCUT2D eigenvalue weighted by molar-refractivity contribution is 5.91. The van der Waals surface area contributed by atoms with E-state index in [9.17, 15) is 0 Å². The van der Waals surface area contributed by atoms with Gasteiger partial charge >= 0.3 is 0 Å². The Bertz CT molecular complexity index is 844. The summed E-state index contributed by atoms with van der Waals surface area (Å²) >= 11 is 0. The average molecular weight is 308 g/mol. The van der Waals surface area contributed by atoms with E-state index in [1.54, 1.807) is 6.20 Å². The summed E-state index contributed by atoms with van der Waals surface area (Å²) in [5, 5.41) is 1.03. The fraction of sp³-hybridized carbons (Fsp3) is 0.353. The molecule has 1 aliphatic heterocycles. The molecule has 1 aliphatic rings. The second-order valence-corrected chi connectivity index (χ2v) is 5.87. The topological polar surface area (TPSA) is 66.9 Å². The number of rotatable bonds is 2. The minimum Gasteiger partial charge on any atom is -0.377 e. The van der Waals surface area contributed by atoms with Gasteiger partial charge < -0.3 is 14.6 Å². The molecule has 6 nitrogen and oxygen atoms in total. The maximum absolute atomic E-state index is 5.50. The van der Waals surface area contributed by atoms with Crippen LogP contribution < -0.4 is 4.90 Å². The van der Waals surface area contributed by atoms with Crippen molar-refractivity contribution >= 4 is 16.9 Å². The van der Waals surface area contributed by atoms with E-state index in [4.69, 9.17) is 9.72 Å². The van der Waals surface area contributed by atoms with Gasteiger partial charge in [0, 0.05) is 35.5 Å². The molecule has 0 spiro atoms. The lowest BCUT2D eigenvalue weighted by Gasteiger charge is -2.34. The van der Waals surface area contributed by atoms with Crippen LogP contribution in [-0.4, -0.2) is 45.7 Å². The quantitative estimate of drug-likeness (QED) is 0.787. The van der Waals surface area contributed by atoms with Crippen LogP contribution in [-0.2, 0) is 4.74 Å². The van der Waals surface area contributed by atoms with Crippen LogP contribution in [0, 0.1) is 13.1 Å². The molecule has 4 heterocycles. The van der Waals surface area contributed by atoms with Gasteiger partial charge in [-0.3, -0.25) is 0 Å². The molecular formula is C17H18N5O. The predicted octanol–water partition coefficient (Wildman–Crippen LogP) is 2.35. The van der Waals surface area contributed by atoms with Gasteiger partial charge in [0.15, 0.2) is 5.82 Å². The molecule has 1 fully saturated rings. The van der Waals surface area contributed by atoms with Gasteiger partial charge in [0.1, 0.15) is 11.5 Å². The summed E-state index contributed by atoms with van der Waals surface area (Å²) in [5.74, 6) is 1.57. The molecule has 1 N–H and O–H groups in total. The molecule has 1 saturated heterocycles. The zero-order chi connectivity index (χ0) is 15.8. The fourth-order valence-electron chi connectivity index (χ4n) is 3.01. The largest absolute Gasteiger partial charge is 0.377 e. The van der Waals surface area contributed by atoms with E-state index in [0.29, 0.717) is 11.9 Å². The Morgan fingerprint density at radius 2 is 2.35 bits per heavy atom. The molecule has 4 rings (SSSR count). The zero-order valence-electron chi connectivity index (χ0n) is 13.2. The van der Waals surface area contributed by atoms with Crippen LogP contribution >= 0.6 is 0 Å². The van der Waals surface area contributed by atoms with Crippen LogP contribution in [0.15, 0.2) is 24.4 Å². The molecule has 0 saturated carbocycles. The molecule has 0 amide bonds. The summed E-state index contributed by atoms with van der Waals surface area (Å²) in [7, 11) is 0. The first kappa shape index (κ1) is 14.1. The number of hydrogen-bond acceptors (Lipinski definition) is 5. The van der Waals surface area contributed by atoms with Crippen molar-refractivity contribution in [1.82, 2.24) is 19.9 Å². The second-order valence-electron chi connectivity index (χ2n) is 5.87. The molecule has 1 unspecified atom stereocenters. The summed E-state index contributed by atoms with van der Waals surface area (Å²) in [6.07, 6.45) is 4.77. The zero-order valence-corrected chi connectivity index (χ0v) is 13.2. The molecule has 0 bridgehead atoms. The molecular weight excluding hydrogens is 290 g/mol. The summed E-state index contributed by atoms with van der Waals surface area (Å²) < 4.78 is 5.50. The molecule has 1 atom stereocenters. The number of aromatic amines is 1. The maximum atomic E-state index is 5.50. The van der Waals surface area contributed by atoms with E-state index in [-0.39, 0.29) is 0 Å².